The van der Waals surface area contributed by atoms with Crippen LogP contribution in [-0.2, 0) is 11.8 Å². The molecule has 1 aliphatic heterocycles. The van der Waals surface area contributed by atoms with E-state index in [1.54, 1.807) is 10.8 Å². The van der Waals surface area contributed by atoms with Gasteiger partial charge in [-0.15, -0.1) is 0 Å². The summed E-state index contributed by atoms with van der Waals surface area (Å²) in [5.41, 5.74) is 4.38. The molecule has 1 saturated heterocycles. The molecule has 4 rings (SSSR count). The van der Waals surface area contributed by atoms with Crippen LogP contribution in [0.25, 0.3) is 28.2 Å². The summed E-state index contributed by atoms with van der Waals surface area (Å²) < 4.78 is 15.6. The fourth-order valence-electron chi connectivity index (χ4n) is 3.83. The van der Waals surface area contributed by atoms with Crippen molar-refractivity contribution in [2.45, 2.75) is 32.4 Å². The van der Waals surface area contributed by atoms with Gasteiger partial charge >= 0.3 is 0 Å². The smallest absolute Gasteiger partial charge is 0.221 e. The second-order valence-electron chi connectivity index (χ2n) is 7.28. The summed E-state index contributed by atoms with van der Waals surface area (Å²) in [4.78, 5) is 4.74. The maximum atomic E-state index is 5.99. The van der Waals surface area contributed by atoms with Crippen LogP contribution < -0.4 is 10.1 Å². The highest BCUT2D eigenvalue weighted by Gasteiger charge is 2.23. The van der Waals surface area contributed by atoms with E-state index in [9.17, 15) is 0 Å². The quantitative estimate of drug-likeness (QED) is 0.619. The average Bonchev–Trinajstić information content (AvgIpc) is 3.25. The zero-order valence-electron chi connectivity index (χ0n) is 17.3. The van der Waals surface area contributed by atoms with Gasteiger partial charge in [-0.05, 0) is 45.4 Å². The molecule has 3 aromatic heterocycles. The van der Waals surface area contributed by atoms with Crippen LogP contribution in [0.2, 0.25) is 0 Å². The third kappa shape index (κ3) is 3.65. The highest BCUT2D eigenvalue weighted by atomic mass is 16.5. The monoisotopic (exact) mass is 396 g/mol. The molecule has 0 aromatic carbocycles. The number of likely N-dealkylation sites (N-methyl/N-ethyl adjacent to an activating group) is 1. The summed E-state index contributed by atoms with van der Waals surface area (Å²) in [5.74, 6) is 0.716. The number of aromatic nitrogens is 5. The van der Waals surface area contributed by atoms with Crippen molar-refractivity contribution in [2.75, 3.05) is 26.8 Å². The van der Waals surface area contributed by atoms with Crippen molar-refractivity contribution in [3.8, 4) is 17.1 Å². The Morgan fingerprint density at radius 1 is 1.38 bits per heavy atom. The van der Waals surface area contributed by atoms with Crippen LogP contribution in [0.1, 0.15) is 36.9 Å². The van der Waals surface area contributed by atoms with Crippen molar-refractivity contribution in [2.24, 2.45) is 7.05 Å². The first-order valence-electron chi connectivity index (χ1n) is 10.1. The molecule has 0 radical (unpaired) electrons. The van der Waals surface area contributed by atoms with E-state index in [-0.39, 0.29) is 6.23 Å². The van der Waals surface area contributed by atoms with E-state index in [1.165, 1.54) is 0 Å². The van der Waals surface area contributed by atoms with Crippen molar-refractivity contribution < 1.29 is 9.47 Å². The molecule has 1 fully saturated rings. The molecule has 0 bridgehead atoms. The molecule has 1 N–H and O–H groups in total. The van der Waals surface area contributed by atoms with E-state index in [0.29, 0.717) is 12.5 Å². The number of nitrogens with zero attached hydrogens (tertiary/aromatic N) is 5. The zero-order valence-corrected chi connectivity index (χ0v) is 17.3. The summed E-state index contributed by atoms with van der Waals surface area (Å²) in [7, 11) is 3.79. The first kappa shape index (κ1) is 19.6. The van der Waals surface area contributed by atoms with E-state index in [1.807, 2.05) is 38.0 Å². The van der Waals surface area contributed by atoms with Crippen LogP contribution in [0.5, 0.6) is 5.88 Å². The maximum absolute atomic E-state index is 5.99. The van der Waals surface area contributed by atoms with Crippen LogP contribution in [0.4, 0.5) is 0 Å². The number of nitrogens with one attached hydrogen (secondary N) is 1. The van der Waals surface area contributed by atoms with Gasteiger partial charge in [0.05, 0.1) is 34.4 Å². The normalized spacial score (nSPS) is 17.0. The molecule has 3 aromatic rings. The number of hydrogen-bond donors (Lipinski definition) is 1. The largest absolute Gasteiger partial charge is 0.476 e. The number of aryl methyl sites for hydroxylation is 2. The Hall–Kier alpha value is -2.71. The molecule has 0 aliphatic carbocycles. The highest BCUT2D eigenvalue weighted by Crippen LogP contribution is 2.35. The molecule has 0 amide bonds. The highest BCUT2D eigenvalue weighted by molar-refractivity contribution is 5.90. The summed E-state index contributed by atoms with van der Waals surface area (Å²) >= 11 is 0. The molecule has 8 heteroatoms. The summed E-state index contributed by atoms with van der Waals surface area (Å²) in [6.45, 7) is 7.99. The Morgan fingerprint density at radius 3 is 2.97 bits per heavy atom. The van der Waals surface area contributed by atoms with Crippen molar-refractivity contribution in [3.05, 3.63) is 30.2 Å². The molecule has 1 unspecified atom stereocenters. The second kappa shape index (κ2) is 8.34. The topological polar surface area (TPSA) is 79.0 Å². The van der Waals surface area contributed by atoms with E-state index in [2.05, 4.69) is 17.0 Å². The molecule has 1 atom stereocenters. The van der Waals surface area contributed by atoms with Gasteiger partial charge in [0.25, 0.3) is 0 Å². The molecule has 1 aliphatic rings. The van der Waals surface area contributed by atoms with Crippen LogP contribution in [0, 0.1) is 6.92 Å². The summed E-state index contributed by atoms with van der Waals surface area (Å²) in [6.07, 6.45) is 6.80. The first-order chi connectivity index (χ1) is 14.1. The number of hydrogen-bond acceptors (Lipinski definition) is 6. The van der Waals surface area contributed by atoms with Crippen molar-refractivity contribution in [3.63, 3.8) is 0 Å². The van der Waals surface area contributed by atoms with E-state index < -0.39 is 0 Å². The molecule has 0 saturated carbocycles. The van der Waals surface area contributed by atoms with Crippen LogP contribution in [0.3, 0.4) is 0 Å². The molecule has 8 nitrogen and oxygen atoms in total. The van der Waals surface area contributed by atoms with Crippen molar-refractivity contribution in [1.82, 2.24) is 29.9 Å². The average molecular weight is 396 g/mol. The lowest BCUT2D eigenvalue weighted by Crippen LogP contribution is -2.19. The molecule has 29 heavy (non-hydrogen) atoms. The zero-order chi connectivity index (χ0) is 20.4. The van der Waals surface area contributed by atoms with E-state index in [4.69, 9.17) is 19.6 Å². The predicted molar refractivity (Wildman–Crippen MR) is 113 cm³/mol. The van der Waals surface area contributed by atoms with Crippen LogP contribution >= 0.6 is 0 Å². The van der Waals surface area contributed by atoms with Crippen molar-refractivity contribution in [1.29, 1.82) is 0 Å². The minimum absolute atomic E-state index is 0.0480. The lowest BCUT2D eigenvalue weighted by Gasteiger charge is -2.23. The van der Waals surface area contributed by atoms with Gasteiger partial charge in [0.1, 0.15) is 6.61 Å². The summed E-state index contributed by atoms with van der Waals surface area (Å²) in [6, 6.07) is 2.05. The Balaban J connectivity index is 1.77. The molecule has 154 valence electrons. The van der Waals surface area contributed by atoms with Gasteiger partial charge in [-0.25, -0.2) is 9.36 Å². The number of pyridine rings is 1. The fraction of sp³-hybridized carbons (Fsp3) is 0.476. The fourth-order valence-corrected chi connectivity index (χ4v) is 3.83. The van der Waals surface area contributed by atoms with Gasteiger partial charge in [0.15, 0.2) is 6.23 Å². The van der Waals surface area contributed by atoms with Crippen LogP contribution in [-0.4, -0.2) is 51.4 Å². The molecular formula is C21H28N6O2. The molecule has 4 heterocycles. The Labute approximate surface area is 170 Å². The Morgan fingerprint density at radius 2 is 2.24 bits per heavy atom. The van der Waals surface area contributed by atoms with Gasteiger partial charge in [-0.1, -0.05) is 6.58 Å². The van der Waals surface area contributed by atoms with E-state index >= 15 is 0 Å². The standard InChI is InChI=1S/C21H28N6O2/c1-5-16-15-12-17(20-14(2)24-26(4)21(20)29-11-9-22-3)23-13-18(15)27(25-16)19-8-6-7-10-28-19/h5,12-13,19,22H,1,6-11H2,2-4H3. The lowest BCUT2D eigenvalue weighted by molar-refractivity contribution is -0.0367. The summed E-state index contributed by atoms with van der Waals surface area (Å²) in [5, 5.41) is 13.4. The van der Waals surface area contributed by atoms with Gasteiger partial charge in [0.2, 0.25) is 5.88 Å². The van der Waals surface area contributed by atoms with Gasteiger partial charge in [-0.3, -0.25) is 4.98 Å². The minimum Gasteiger partial charge on any atom is -0.476 e. The molecule has 0 spiro atoms. The van der Waals surface area contributed by atoms with E-state index in [0.717, 1.165) is 66.0 Å². The third-order valence-corrected chi connectivity index (χ3v) is 5.26. The number of rotatable bonds is 7. The van der Waals surface area contributed by atoms with Gasteiger partial charge in [-0.2, -0.15) is 10.2 Å². The van der Waals surface area contributed by atoms with Gasteiger partial charge < -0.3 is 14.8 Å². The Bertz CT molecular complexity index is 1020. The maximum Gasteiger partial charge on any atom is 0.221 e. The Kier molecular flexibility index (Phi) is 5.64. The lowest BCUT2D eigenvalue weighted by atomic mass is 10.1. The number of ether oxygens (including phenoxy) is 2. The minimum atomic E-state index is -0.0480. The SMILES string of the molecule is C=Cc1nn(C2CCCCO2)c2cnc(-c3c(C)nn(C)c3OCCNC)cc12. The first-order valence-corrected chi connectivity index (χ1v) is 10.1. The van der Waals surface area contributed by atoms with Crippen molar-refractivity contribution >= 4 is 17.0 Å². The third-order valence-electron chi connectivity index (χ3n) is 5.26. The predicted octanol–water partition coefficient (Wildman–Crippen LogP) is 3.08. The van der Waals surface area contributed by atoms with Crippen LogP contribution in [0.15, 0.2) is 18.8 Å². The molecular weight excluding hydrogens is 368 g/mol. The van der Waals surface area contributed by atoms with Gasteiger partial charge in [0, 0.05) is 25.6 Å². The number of fused-ring (bicyclic) bond motifs is 1. The second-order valence-corrected chi connectivity index (χ2v) is 7.28.